The fourth-order valence-electron chi connectivity index (χ4n) is 14.9. The van der Waals surface area contributed by atoms with Crippen molar-refractivity contribution < 1.29 is 9.47 Å². The summed E-state index contributed by atoms with van der Waals surface area (Å²) >= 11 is 19.5. The third kappa shape index (κ3) is 17.7. The number of anilines is 8. The van der Waals surface area contributed by atoms with Crippen LogP contribution in [0.3, 0.4) is 0 Å². The molecule has 0 amide bonds. The predicted molar refractivity (Wildman–Crippen MR) is 457 cm³/mol. The molecule has 116 heavy (non-hydrogen) atoms. The van der Waals surface area contributed by atoms with Gasteiger partial charge in [-0.05, 0) is 126 Å². The lowest BCUT2D eigenvalue weighted by Gasteiger charge is -2.12. The molecule has 36 heteroatoms. The Kier molecular flexibility index (Phi) is 23.3. The molecule has 0 unspecified atom stereocenters. The van der Waals surface area contributed by atoms with Gasteiger partial charge in [0.1, 0.15) is 59.5 Å². The molecule has 4 saturated carbocycles. The molecule has 0 aliphatic heterocycles. The summed E-state index contributed by atoms with van der Waals surface area (Å²) in [6.45, 7) is 4.99. The van der Waals surface area contributed by atoms with Crippen molar-refractivity contribution in [1.29, 1.82) is 0 Å². The maximum atomic E-state index is 6.66. The summed E-state index contributed by atoms with van der Waals surface area (Å²) in [6.07, 6.45) is 38.4. The molecule has 16 aromatic rings. The minimum atomic E-state index is 0.438. The summed E-state index contributed by atoms with van der Waals surface area (Å²) in [4.78, 5) is 37.2. The first-order valence-corrected chi connectivity index (χ1v) is 42.9. The monoisotopic (exact) mass is 1660 g/mol. The Balaban J connectivity index is 0.000000111. The van der Waals surface area contributed by atoms with Gasteiger partial charge in [0.05, 0.1) is 76.1 Å². The largest absolute Gasteiger partial charge is 0.491 e. The van der Waals surface area contributed by atoms with Gasteiger partial charge in [-0.1, -0.05) is 120 Å². The van der Waals surface area contributed by atoms with Gasteiger partial charge in [0.2, 0.25) is 26.4 Å². The molecule has 4 aliphatic carbocycles. The second kappa shape index (κ2) is 35.0. The zero-order valence-electron chi connectivity index (χ0n) is 64.5. The second-order valence-electron chi connectivity index (χ2n) is 28.9. The van der Waals surface area contributed by atoms with Gasteiger partial charge >= 0.3 is 0 Å². The first-order valence-electron chi connectivity index (χ1n) is 38.9. The predicted octanol–water partition coefficient (Wildman–Crippen LogP) is 19.2. The Morgan fingerprint density at radius 3 is 1.11 bits per heavy atom. The third-order valence-electron chi connectivity index (χ3n) is 20.7. The normalized spacial score (nSPS) is 14.6. The second-order valence-corrected chi connectivity index (χ2v) is 33.7. The SMILES string of the molecule is CCOc1c(-c2cnn(C)c2)cnc2ccc(Nc3nnc(C4CCCC4)s3)nc12.CCOc1nc2ccc(Nc3nnc(C4CCCC4)s3)nc2cc1-c1cnn(C)c1.Cn1cc(-c2cc3nc(Nc4nnc(C5CCCC5)s4)ccc3nc2Cl)cn1.Cn1cc(-c2cnc3ccc(Nc4nnc(C5CCCC5)s4)nc3c2Cl)cn1. The topological polar surface area (TPSA) is 344 Å². The lowest BCUT2D eigenvalue weighted by Crippen LogP contribution is -2.00. The van der Waals surface area contributed by atoms with Crippen molar-refractivity contribution in [1.82, 2.24) is 120 Å². The molecular weight excluding hydrogens is 1580 g/mol. The van der Waals surface area contributed by atoms with E-state index >= 15 is 0 Å². The fraction of sp³-hybridized carbons (Fsp3) is 0.350. The number of pyridine rings is 8. The number of nitrogens with one attached hydrogen (secondary N) is 4. The highest BCUT2D eigenvalue weighted by atomic mass is 35.5. The smallest absolute Gasteiger partial charge is 0.222 e. The van der Waals surface area contributed by atoms with Crippen molar-refractivity contribution in [3.8, 4) is 56.1 Å². The molecule has 0 saturated heterocycles. The molecule has 16 heterocycles. The van der Waals surface area contributed by atoms with E-state index in [1.165, 1.54) is 103 Å². The molecule has 592 valence electrons. The number of aryl methyl sites for hydroxylation is 4. The molecule has 30 nitrogen and oxygen atoms in total. The molecule has 4 fully saturated rings. The van der Waals surface area contributed by atoms with Crippen LogP contribution in [0.25, 0.3) is 88.6 Å². The van der Waals surface area contributed by atoms with Crippen LogP contribution in [0.2, 0.25) is 10.2 Å². The molecule has 4 N–H and O–H groups in total. The molecule has 0 aromatic carbocycles. The summed E-state index contributed by atoms with van der Waals surface area (Å²) in [5, 5.41) is 73.3. The summed E-state index contributed by atoms with van der Waals surface area (Å²) in [5.74, 6) is 6.33. The highest BCUT2D eigenvalue weighted by molar-refractivity contribution is 7.16. The molecule has 0 atom stereocenters. The Hall–Kier alpha value is -11.3. The van der Waals surface area contributed by atoms with Crippen molar-refractivity contribution in [2.24, 2.45) is 28.2 Å². The zero-order valence-corrected chi connectivity index (χ0v) is 69.3. The third-order valence-corrected chi connectivity index (χ3v) is 25.4. The molecule has 4 aliphatic rings. The van der Waals surface area contributed by atoms with Gasteiger partial charge in [-0.25, -0.2) is 29.9 Å². The maximum absolute atomic E-state index is 6.66. The van der Waals surface area contributed by atoms with Crippen LogP contribution in [0.4, 0.5) is 43.8 Å². The zero-order chi connectivity index (χ0) is 79.2. The van der Waals surface area contributed by atoms with Crippen molar-refractivity contribution >= 4 is 156 Å². The number of rotatable bonds is 20. The summed E-state index contributed by atoms with van der Waals surface area (Å²) in [6, 6.07) is 19.2. The highest BCUT2D eigenvalue weighted by Gasteiger charge is 2.27. The van der Waals surface area contributed by atoms with Crippen LogP contribution in [0.15, 0.2) is 123 Å². The average molecular weight is 1670 g/mol. The van der Waals surface area contributed by atoms with Crippen LogP contribution in [-0.4, -0.2) is 133 Å². The van der Waals surface area contributed by atoms with Crippen LogP contribution in [0.1, 0.15) is 160 Å². The molecule has 0 radical (unpaired) electrons. The van der Waals surface area contributed by atoms with Crippen LogP contribution in [0, 0.1) is 0 Å². The van der Waals surface area contributed by atoms with E-state index in [0.29, 0.717) is 87.2 Å². The van der Waals surface area contributed by atoms with Gasteiger partial charge in [0.25, 0.3) is 0 Å². The minimum absolute atomic E-state index is 0.438. The van der Waals surface area contributed by atoms with Crippen LogP contribution < -0.4 is 30.7 Å². The summed E-state index contributed by atoms with van der Waals surface area (Å²) < 4.78 is 18.8. The number of ether oxygens (including phenoxy) is 2. The standard InChI is InChI=1S/2C21H23N7OS.2C19H18ClN7S/c1-3-29-19-15(14-11-22-28(2)12-14)10-17-16(24-19)8-9-18(23-17)25-21-27-26-20(30-21)13-6-4-5-7-13;1-3-29-19-15(14-10-23-28(2)12-14)11-22-16-8-9-17(24-18(16)19)25-21-27-26-20(30-21)13-6-4-5-7-13;1-27-10-12(9-21-27)13-8-15-14(23-17(13)20)6-7-16(22-15)24-19-26-25-18(28-19)11-4-2-3-5-11;1-27-10-12(8-22-27)13-9-21-14-6-7-15(23-17(14)16(13)20)24-19-26-25-18(28-19)11-4-2-3-5-11/h8-13H,3-7H2,1-2H3,(H,23,25,27);8-13H,3-7H2,1-2H3,(H,24,25,27);6-11H,2-5H2,1H3,(H,22,24,26);6-11H,2-5H2,1H3,(H,23,24,26). The molecule has 16 aromatic heterocycles. The van der Waals surface area contributed by atoms with Gasteiger partial charge in [-0.15, -0.1) is 40.8 Å². The van der Waals surface area contributed by atoms with E-state index in [4.69, 9.17) is 47.6 Å². The Labute approximate surface area is 692 Å². The first kappa shape index (κ1) is 77.3. The first-order chi connectivity index (χ1) is 56.7. The maximum Gasteiger partial charge on any atom is 0.222 e. The van der Waals surface area contributed by atoms with Crippen LogP contribution >= 0.6 is 68.5 Å². The Morgan fingerprint density at radius 1 is 0.362 bits per heavy atom. The van der Waals surface area contributed by atoms with Crippen LogP contribution in [-0.2, 0) is 28.2 Å². The van der Waals surface area contributed by atoms with Crippen LogP contribution in [0.5, 0.6) is 11.6 Å². The highest BCUT2D eigenvalue weighted by Crippen LogP contribution is 2.44. The molecule has 0 spiro atoms. The van der Waals surface area contributed by atoms with E-state index in [1.54, 1.807) is 95.1 Å². The number of hydrogen-bond donors (Lipinski definition) is 4. The van der Waals surface area contributed by atoms with Crippen molar-refractivity contribution in [2.75, 3.05) is 34.5 Å². The van der Waals surface area contributed by atoms with Gasteiger partial charge in [0, 0.05) is 134 Å². The van der Waals surface area contributed by atoms with Gasteiger partial charge in [-0.3, -0.25) is 28.7 Å². The average Bonchev–Trinajstić information content (AvgIpc) is 1.40. The van der Waals surface area contributed by atoms with E-state index in [0.717, 1.165) is 124 Å². The van der Waals surface area contributed by atoms with Crippen molar-refractivity contribution in [3.63, 3.8) is 0 Å². The number of fused-ring (bicyclic) bond motifs is 4. The van der Waals surface area contributed by atoms with Gasteiger partial charge in [0.15, 0.2) is 5.75 Å². The van der Waals surface area contributed by atoms with E-state index < -0.39 is 0 Å². The summed E-state index contributed by atoms with van der Waals surface area (Å²) in [7, 11) is 7.52. The molecule has 0 bridgehead atoms. The summed E-state index contributed by atoms with van der Waals surface area (Å²) in [5.41, 5.74) is 13.0. The van der Waals surface area contributed by atoms with Gasteiger partial charge in [-0.2, -0.15) is 20.4 Å². The number of aromatic nitrogens is 24. The van der Waals surface area contributed by atoms with E-state index in [1.807, 2.05) is 134 Å². The number of nitrogens with zero attached hydrogens (tertiary/aromatic N) is 24. The van der Waals surface area contributed by atoms with Gasteiger partial charge < -0.3 is 30.7 Å². The van der Waals surface area contributed by atoms with E-state index in [9.17, 15) is 0 Å². The lowest BCUT2D eigenvalue weighted by molar-refractivity contribution is 0.329. The minimum Gasteiger partial charge on any atom is -0.491 e. The molecule has 20 rings (SSSR count). The molecular formula is C80H82Cl2N28O2S4. The quantitative estimate of drug-likeness (QED) is 0.0515. The Morgan fingerprint density at radius 2 is 0.707 bits per heavy atom. The van der Waals surface area contributed by atoms with E-state index in [2.05, 4.69) is 107 Å². The van der Waals surface area contributed by atoms with Crippen molar-refractivity contribution in [3.05, 3.63) is 153 Å². The fourth-order valence-corrected chi connectivity index (χ4v) is 19.2. The van der Waals surface area contributed by atoms with E-state index in [-0.39, 0.29) is 0 Å². The number of hydrogen-bond acceptors (Lipinski definition) is 30. The Bertz CT molecular complexity index is 6040. The van der Waals surface area contributed by atoms with Crippen molar-refractivity contribution in [2.45, 2.75) is 140 Å². The lowest BCUT2D eigenvalue weighted by atomic mass is 10.1. The number of halogens is 2.